The van der Waals surface area contributed by atoms with Gasteiger partial charge < -0.3 is 4.74 Å². The SMILES string of the molecule is CCOc1ccc2ccccc2c1CNC(Cl)c1ccc(Cl)cc1. The van der Waals surface area contributed by atoms with Crippen LogP contribution in [0.15, 0.2) is 60.7 Å². The highest BCUT2D eigenvalue weighted by Gasteiger charge is 2.12. The Hall–Kier alpha value is -1.74. The van der Waals surface area contributed by atoms with Crippen molar-refractivity contribution in [2.45, 2.75) is 19.0 Å². The number of hydrogen-bond donors (Lipinski definition) is 1. The van der Waals surface area contributed by atoms with Gasteiger partial charge >= 0.3 is 0 Å². The molecule has 0 aliphatic carbocycles. The Labute approximate surface area is 152 Å². The largest absolute Gasteiger partial charge is 0.494 e. The zero-order chi connectivity index (χ0) is 16.9. The van der Waals surface area contributed by atoms with Crippen molar-refractivity contribution in [1.82, 2.24) is 5.32 Å². The third-order valence-electron chi connectivity index (χ3n) is 3.92. The molecule has 124 valence electrons. The highest BCUT2D eigenvalue weighted by atomic mass is 35.5. The molecule has 3 aromatic carbocycles. The van der Waals surface area contributed by atoms with Crippen molar-refractivity contribution in [3.05, 3.63) is 76.8 Å². The molecular formula is C20H19Cl2NO. The van der Waals surface area contributed by atoms with Crippen molar-refractivity contribution in [3.8, 4) is 5.75 Å². The van der Waals surface area contributed by atoms with Gasteiger partial charge in [0, 0.05) is 17.1 Å². The first kappa shape index (κ1) is 17.1. The van der Waals surface area contributed by atoms with E-state index in [1.807, 2.05) is 49.4 Å². The van der Waals surface area contributed by atoms with Crippen LogP contribution in [-0.2, 0) is 6.54 Å². The van der Waals surface area contributed by atoms with E-state index < -0.39 is 0 Å². The lowest BCUT2D eigenvalue weighted by molar-refractivity contribution is 0.336. The van der Waals surface area contributed by atoms with Crippen LogP contribution in [0, 0.1) is 0 Å². The van der Waals surface area contributed by atoms with Gasteiger partial charge in [-0.3, -0.25) is 5.32 Å². The summed E-state index contributed by atoms with van der Waals surface area (Å²) >= 11 is 12.4. The summed E-state index contributed by atoms with van der Waals surface area (Å²) in [5.74, 6) is 0.892. The summed E-state index contributed by atoms with van der Waals surface area (Å²) in [5.41, 5.74) is 1.81. The number of nitrogens with one attached hydrogen (secondary N) is 1. The van der Waals surface area contributed by atoms with E-state index in [2.05, 4.69) is 23.5 Å². The number of fused-ring (bicyclic) bond motifs is 1. The molecule has 1 unspecified atom stereocenters. The quantitative estimate of drug-likeness (QED) is 0.435. The second-order valence-corrected chi connectivity index (χ2v) is 6.36. The fourth-order valence-electron chi connectivity index (χ4n) is 2.73. The van der Waals surface area contributed by atoms with Gasteiger partial charge in [-0.25, -0.2) is 0 Å². The third-order valence-corrected chi connectivity index (χ3v) is 4.58. The second-order valence-electron chi connectivity index (χ2n) is 5.49. The molecule has 3 aromatic rings. The Kier molecular flexibility index (Phi) is 5.62. The molecule has 0 aliphatic rings. The zero-order valence-electron chi connectivity index (χ0n) is 13.4. The summed E-state index contributed by atoms with van der Waals surface area (Å²) in [6.45, 7) is 3.24. The van der Waals surface area contributed by atoms with Gasteiger partial charge in [-0.15, -0.1) is 11.6 Å². The minimum Gasteiger partial charge on any atom is -0.494 e. The van der Waals surface area contributed by atoms with E-state index in [1.54, 1.807) is 0 Å². The van der Waals surface area contributed by atoms with E-state index in [9.17, 15) is 0 Å². The van der Waals surface area contributed by atoms with E-state index >= 15 is 0 Å². The molecule has 1 N–H and O–H groups in total. The normalized spacial score (nSPS) is 12.3. The predicted octanol–water partition coefficient (Wildman–Crippen LogP) is 5.92. The average molecular weight is 360 g/mol. The maximum absolute atomic E-state index is 6.49. The number of halogens is 2. The summed E-state index contributed by atoms with van der Waals surface area (Å²) in [4.78, 5) is 0. The molecule has 0 radical (unpaired) electrons. The first-order valence-electron chi connectivity index (χ1n) is 7.95. The Bertz CT molecular complexity index is 817. The van der Waals surface area contributed by atoms with E-state index in [1.165, 1.54) is 10.8 Å². The van der Waals surface area contributed by atoms with Crippen LogP contribution in [0.4, 0.5) is 0 Å². The van der Waals surface area contributed by atoms with E-state index in [0.29, 0.717) is 18.2 Å². The Balaban J connectivity index is 1.85. The first-order chi connectivity index (χ1) is 11.7. The molecular weight excluding hydrogens is 341 g/mol. The third kappa shape index (κ3) is 3.84. The summed E-state index contributed by atoms with van der Waals surface area (Å²) in [6.07, 6.45) is 0. The minimum atomic E-state index is -0.296. The summed E-state index contributed by atoms with van der Waals surface area (Å²) in [7, 11) is 0. The minimum absolute atomic E-state index is 0.296. The molecule has 24 heavy (non-hydrogen) atoms. The van der Waals surface area contributed by atoms with Gasteiger partial charge in [0.15, 0.2) is 0 Å². The highest BCUT2D eigenvalue weighted by molar-refractivity contribution is 6.30. The number of benzene rings is 3. The zero-order valence-corrected chi connectivity index (χ0v) is 14.9. The number of alkyl halides is 1. The van der Waals surface area contributed by atoms with Crippen molar-refractivity contribution >= 4 is 34.0 Å². The van der Waals surface area contributed by atoms with Gasteiger partial charge in [0.05, 0.1) is 6.61 Å². The van der Waals surface area contributed by atoms with Crippen LogP contribution in [0.1, 0.15) is 23.6 Å². The maximum atomic E-state index is 6.49. The van der Waals surface area contributed by atoms with Crippen LogP contribution in [0.5, 0.6) is 5.75 Å². The summed E-state index contributed by atoms with van der Waals surface area (Å²) < 4.78 is 5.80. The molecule has 3 rings (SSSR count). The standard InChI is InChI=1S/C20H19Cl2NO/c1-2-24-19-12-9-14-5-3-4-6-17(14)18(19)13-23-20(22)15-7-10-16(21)11-8-15/h3-12,20,23H,2,13H2,1H3. The van der Waals surface area contributed by atoms with Crippen LogP contribution >= 0.6 is 23.2 Å². The topological polar surface area (TPSA) is 21.3 Å². The second kappa shape index (κ2) is 7.89. The van der Waals surface area contributed by atoms with Gasteiger partial charge in [-0.05, 0) is 41.5 Å². The van der Waals surface area contributed by atoms with Crippen LogP contribution in [0.3, 0.4) is 0 Å². The lowest BCUT2D eigenvalue weighted by Gasteiger charge is -2.17. The van der Waals surface area contributed by atoms with Crippen LogP contribution < -0.4 is 10.1 Å². The predicted molar refractivity (Wildman–Crippen MR) is 102 cm³/mol. The number of ether oxygens (including phenoxy) is 1. The van der Waals surface area contributed by atoms with Crippen LogP contribution in [0.2, 0.25) is 5.02 Å². The van der Waals surface area contributed by atoms with E-state index in [-0.39, 0.29) is 5.50 Å². The summed E-state index contributed by atoms with van der Waals surface area (Å²) in [6, 6.07) is 20.0. The molecule has 0 heterocycles. The van der Waals surface area contributed by atoms with E-state index in [4.69, 9.17) is 27.9 Å². The van der Waals surface area contributed by atoms with Crippen molar-refractivity contribution in [2.75, 3.05) is 6.61 Å². The van der Waals surface area contributed by atoms with E-state index in [0.717, 1.165) is 16.9 Å². The highest BCUT2D eigenvalue weighted by Crippen LogP contribution is 2.29. The summed E-state index contributed by atoms with van der Waals surface area (Å²) in [5, 5.41) is 6.44. The molecule has 0 saturated heterocycles. The molecule has 0 amide bonds. The molecule has 0 aliphatic heterocycles. The molecule has 0 fully saturated rings. The molecule has 1 atom stereocenters. The van der Waals surface area contributed by atoms with Crippen molar-refractivity contribution in [3.63, 3.8) is 0 Å². The molecule has 0 aromatic heterocycles. The molecule has 0 bridgehead atoms. The van der Waals surface area contributed by atoms with Crippen LogP contribution in [0.25, 0.3) is 10.8 Å². The fourth-order valence-corrected chi connectivity index (χ4v) is 3.08. The smallest absolute Gasteiger partial charge is 0.124 e. The monoisotopic (exact) mass is 359 g/mol. The Morgan fingerprint density at radius 2 is 1.75 bits per heavy atom. The van der Waals surface area contributed by atoms with Crippen LogP contribution in [-0.4, -0.2) is 6.61 Å². The van der Waals surface area contributed by atoms with Gasteiger partial charge in [0.1, 0.15) is 11.3 Å². The van der Waals surface area contributed by atoms with Gasteiger partial charge in [0.2, 0.25) is 0 Å². The molecule has 0 spiro atoms. The van der Waals surface area contributed by atoms with Gasteiger partial charge in [-0.2, -0.15) is 0 Å². The fraction of sp³-hybridized carbons (Fsp3) is 0.200. The van der Waals surface area contributed by atoms with Crippen molar-refractivity contribution < 1.29 is 4.74 Å². The molecule has 4 heteroatoms. The first-order valence-corrected chi connectivity index (χ1v) is 8.77. The maximum Gasteiger partial charge on any atom is 0.124 e. The molecule has 0 saturated carbocycles. The average Bonchev–Trinajstić information content (AvgIpc) is 2.61. The number of rotatable bonds is 6. The van der Waals surface area contributed by atoms with Gasteiger partial charge in [0.25, 0.3) is 0 Å². The van der Waals surface area contributed by atoms with Crippen molar-refractivity contribution in [1.29, 1.82) is 0 Å². The van der Waals surface area contributed by atoms with Crippen molar-refractivity contribution in [2.24, 2.45) is 0 Å². The lowest BCUT2D eigenvalue weighted by Crippen LogP contribution is -2.17. The lowest BCUT2D eigenvalue weighted by atomic mass is 10.0. The Morgan fingerprint density at radius 1 is 1.00 bits per heavy atom. The Morgan fingerprint density at radius 3 is 2.50 bits per heavy atom. The molecule has 2 nitrogen and oxygen atoms in total. The van der Waals surface area contributed by atoms with Gasteiger partial charge in [-0.1, -0.05) is 54.1 Å². The number of hydrogen-bond acceptors (Lipinski definition) is 2.